The molecule has 4 rings (SSSR count). The second-order valence-corrected chi connectivity index (χ2v) is 7.70. The number of anilines is 1. The number of hydrogen-bond acceptors (Lipinski definition) is 6. The molecule has 1 aliphatic heterocycles. The Kier molecular flexibility index (Phi) is 5.52. The van der Waals surface area contributed by atoms with Crippen LogP contribution in [0.4, 0.5) is 9.52 Å². The van der Waals surface area contributed by atoms with Crippen LogP contribution in [-0.2, 0) is 19.6 Å². The van der Waals surface area contributed by atoms with Gasteiger partial charge in [-0.3, -0.25) is 10.1 Å². The Morgan fingerprint density at radius 2 is 2.14 bits per heavy atom. The molecule has 0 bridgehead atoms. The summed E-state index contributed by atoms with van der Waals surface area (Å²) in [7, 11) is 0. The summed E-state index contributed by atoms with van der Waals surface area (Å²) in [6, 6.07) is 9.58. The number of carbonyl (C=O) groups excluding carboxylic acids is 1. The van der Waals surface area contributed by atoms with E-state index in [2.05, 4.69) is 20.8 Å². The summed E-state index contributed by atoms with van der Waals surface area (Å²) in [5.74, 6) is -0.449. The minimum absolute atomic E-state index is 0.0720. The minimum atomic E-state index is -0.439. The molecule has 0 spiro atoms. The van der Waals surface area contributed by atoms with Gasteiger partial charge >= 0.3 is 0 Å². The molecule has 0 fully saturated rings. The smallest absolute Gasteiger partial charge is 0.257 e. The first-order valence-electron chi connectivity index (χ1n) is 8.62. The largest absolute Gasteiger partial charge is 0.485 e. The summed E-state index contributed by atoms with van der Waals surface area (Å²) in [5, 5.41) is 15.2. The summed E-state index contributed by atoms with van der Waals surface area (Å²) in [6.45, 7) is 1.81. The van der Waals surface area contributed by atoms with Gasteiger partial charge in [-0.2, -0.15) is 0 Å². The predicted octanol–water partition coefficient (Wildman–Crippen LogP) is 3.81. The second-order valence-electron chi connectivity index (χ2n) is 6.23. The molecule has 144 valence electrons. The standard InChI is InChI=1S/C19H16ClFN4O2S/c20-15-4-3-14(21)8-16(15)27-10-17-24-25-19(28-17)23-18(26)12-1-2-13-9-22-6-5-11(13)7-12/h1-4,7-8,22H,5-6,9-10H2,(H,23,25,26). The van der Waals surface area contributed by atoms with E-state index < -0.39 is 5.82 Å². The third kappa shape index (κ3) is 4.30. The van der Waals surface area contributed by atoms with Crippen LogP contribution in [0.1, 0.15) is 26.5 Å². The molecule has 2 aromatic carbocycles. The SMILES string of the molecule is O=C(Nc1nnc(COc2cc(F)ccc2Cl)s1)c1ccc2c(c1)CCNC2. The van der Waals surface area contributed by atoms with E-state index in [1.165, 1.54) is 40.7 Å². The summed E-state index contributed by atoms with van der Waals surface area (Å²) >= 11 is 7.16. The van der Waals surface area contributed by atoms with Crippen molar-refractivity contribution in [1.82, 2.24) is 15.5 Å². The lowest BCUT2D eigenvalue weighted by Gasteiger charge is -2.17. The van der Waals surface area contributed by atoms with Crippen molar-refractivity contribution >= 4 is 34.0 Å². The molecule has 1 aromatic heterocycles. The van der Waals surface area contributed by atoms with Crippen LogP contribution in [0.3, 0.4) is 0 Å². The summed E-state index contributed by atoms with van der Waals surface area (Å²) in [6.07, 6.45) is 0.902. The molecule has 2 heterocycles. The van der Waals surface area contributed by atoms with E-state index in [4.69, 9.17) is 16.3 Å². The molecule has 0 radical (unpaired) electrons. The number of amides is 1. The molecule has 0 aliphatic carbocycles. The Bertz CT molecular complexity index is 1030. The highest BCUT2D eigenvalue weighted by molar-refractivity contribution is 7.15. The van der Waals surface area contributed by atoms with E-state index >= 15 is 0 Å². The summed E-state index contributed by atoms with van der Waals surface area (Å²) in [4.78, 5) is 12.5. The van der Waals surface area contributed by atoms with Crippen molar-refractivity contribution in [3.63, 3.8) is 0 Å². The molecule has 0 atom stereocenters. The van der Waals surface area contributed by atoms with Crippen LogP contribution in [0.15, 0.2) is 36.4 Å². The van der Waals surface area contributed by atoms with E-state index in [0.29, 0.717) is 20.7 Å². The number of benzene rings is 2. The van der Waals surface area contributed by atoms with Crippen LogP contribution < -0.4 is 15.4 Å². The van der Waals surface area contributed by atoms with Crippen LogP contribution >= 0.6 is 22.9 Å². The first-order valence-corrected chi connectivity index (χ1v) is 9.82. The fraction of sp³-hybridized carbons (Fsp3) is 0.211. The van der Waals surface area contributed by atoms with Crippen LogP contribution in [0.2, 0.25) is 5.02 Å². The zero-order chi connectivity index (χ0) is 19.5. The molecule has 6 nitrogen and oxygen atoms in total. The van der Waals surface area contributed by atoms with Crippen LogP contribution in [0.5, 0.6) is 5.75 Å². The van der Waals surface area contributed by atoms with Gasteiger partial charge in [-0.15, -0.1) is 10.2 Å². The van der Waals surface area contributed by atoms with Crippen molar-refractivity contribution in [2.45, 2.75) is 19.6 Å². The van der Waals surface area contributed by atoms with Crippen molar-refractivity contribution in [3.8, 4) is 5.75 Å². The normalized spacial score (nSPS) is 13.1. The van der Waals surface area contributed by atoms with E-state index in [1.54, 1.807) is 6.07 Å². The molecule has 0 unspecified atom stereocenters. The van der Waals surface area contributed by atoms with Gasteiger partial charge in [0.2, 0.25) is 5.13 Å². The Balaban J connectivity index is 1.39. The van der Waals surface area contributed by atoms with Gasteiger partial charge in [0.1, 0.15) is 18.2 Å². The Labute approximate surface area is 169 Å². The van der Waals surface area contributed by atoms with Gasteiger partial charge in [-0.05, 0) is 48.4 Å². The van der Waals surface area contributed by atoms with Gasteiger partial charge in [0, 0.05) is 18.2 Å². The Morgan fingerprint density at radius 1 is 1.25 bits per heavy atom. The van der Waals surface area contributed by atoms with Crippen LogP contribution in [-0.4, -0.2) is 22.6 Å². The monoisotopic (exact) mass is 418 g/mol. The molecular formula is C19H16ClFN4O2S. The maximum atomic E-state index is 13.3. The molecule has 0 saturated carbocycles. The first kappa shape index (κ1) is 18.8. The number of nitrogens with zero attached hydrogens (tertiary/aromatic N) is 2. The topological polar surface area (TPSA) is 76.1 Å². The summed E-state index contributed by atoms with van der Waals surface area (Å²) < 4.78 is 18.8. The van der Waals surface area contributed by atoms with Crippen molar-refractivity contribution in [2.75, 3.05) is 11.9 Å². The number of ether oxygens (including phenoxy) is 1. The lowest BCUT2D eigenvalue weighted by molar-refractivity contribution is 0.102. The molecule has 9 heteroatoms. The third-order valence-electron chi connectivity index (χ3n) is 4.29. The zero-order valence-corrected chi connectivity index (χ0v) is 16.2. The van der Waals surface area contributed by atoms with Gasteiger partial charge < -0.3 is 10.1 Å². The lowest BCUT2D eigenvalue weighted by Crippen LogP contribution is -2.24. The van der Waals surface area contributed by atoms with Crippen molar-refractivity contribution in [2.24, 2.45) is 0 Å². The number of hydrogen-bond donors (Lipinski definition) is 2. The van der Waals surface area contributed by atoms with Gasteiger partial charge in [-0.1, -0.05) is 29.0 Å². The van der Waals surface area contributed by atoms with E-state index in [0.717, 1.165) is 19.5 Å². The number of nitrogens with one attached hydrogen (secondary N) is 2. The average molecular weight is 419 g/mol. The van der Waals surface area contributed by atoms with Crippen molar-refractivity contribution < 1.29 is 13.9 Å². The molecule has 1 aliphatic rings. The van der Waals surface area contributed by atoms with Crippen LogP contribution in [0, 0.1) is 5.82 Å². The highest BCUT2D eigenvalue weighted by atomic mass is 35.5. The van der Waals surface area contributed by atoms with Gasteiger partial charge in [-0.25, -0.2) is 4.39 Å². The van der Waals surface area contributed by atoms with Crippen molar-refractivity contribution in [1.29, 1.82) is 0 Å². The molecule has 0 saturated heterocycles. The highest BCUT2D eigenvalue weighted by Gasteiger charge is 2.15. The van der Waals surface area contributed by atoms with E-state index in [9.17, 15) is 9.18 Å². The number of rotatable bonds is 5. The predicted molar refractivity (Wildman–Crippen MR) is 105 cm³/mol. The zero-order valence-electron chi connectivity index (χ0n) is 14.7. The molecule has 3 aromatic rings. The first-order chi connectivity index (χ1) is 13.6. The number of aromatic nitrogens is 2. The minimum Gasteiger partial charge on any atom is -0.485 e. The van der Waals surface area contributed by atoms with Gasteiger partial charge in [0.25, 0.3) is 5.91 Å². The fourth-order valence-electron chi connectivity index (χ4n) is 2.88. The maximum absolute atomic E-state index is 13.3. The maximum Gasteiger partial charge on any atom is 0.257 e. The number of carbonyl (C=O) groups is 1. The molecular weight excluding hydrogens is 403 g/mol. The molecule has 2 N–H and O–H groups in total. The van der Waals surface area contributed by atoms with E-state index in [-0.39, 0.29) is 18.3 Å². The molecule has 28 heavy (non-hydrogen) atoms. The third-order valence-corrected chi connectivity index (χ3v) is 5.41. The van der Waals surface area contributed by atoms with Gasteiger partial charge in [0.05, 0.1) is 5.02 Å². The Morgan fingerprint density at radius 3 is 3.04 bits per heavy atom. The van der Waals surface area contributed by atoms with Crippen LogP contribution in [0.25, 0.3) is 0 Å². The second kappa shape index (κ2) is 8.22. The van der Waals surface area contributed by atoms with E-state index in [1.807, 2.05) is 12.1 Å². The van der Waals surface area contributed by atoms with Crippen molar-refractivity contribution in [3.05, 3.63) is 68.9 Å². The number of fused-ring (bicyclic) bond motifs is 1. The Hall–Kier alpha value is -2.55. The average Bonchev–Trinajstić information content (AvgIpc) is 3.15. The summed E-state index contributed by atoms with van der Waals surface area (Å²) in [5.41, 5.74) is 2.99. The highest BCUT2D eigenvalue weighted by Crippen LogP contribution is 2.27. The van der Waals surface area contributed by atoms with Gasteiger partial charge in [0.15, 0.2) is 5.01 Å². The number of halogens is 2. The quantitative estimate of drug-likeness (QED) is 0.659. The fourth-order valence-corrected chi connectivity index (χ4v) is 3.70. The molecule has 1 amide bonds. The lowest BCUT2D eigenvalue weighted by atomic mass is 9.98.